The Balaban J connectivity index is 2.02. The van der Waals surface area contributed by atoms with E-state index in [1.165, 1.54) is 11.8 Å². The minimum Gasteiger partial charge on any atom is -0.492 e. The average Bonchev–Trinajstić information content (AvgIpc) is 2.81. The van der Waals surface area contributed by atoms with Gasteiger partial charge in [0.15, 0.2) is 0 Å². The van der Waals surface area contributed by atoms with Crippen molar-refractivity contribution >= 4 is 11.7 Å². The molecule has 0 saturated heterocycles. The fourth-order valence-corrected chi connectivity index (χ4v) is 2.25. The molecule has 0 radical (unpaired) electrons. The van der Waals surface area contributed by atoms with E-state index >= 15 is 0 Å². The van der Waals surface area contributed by atoms with Crippen molar-refractivity contribution in [2.45, 2.75) is 20.4 Å². The second-order valence-electron chi connectivity index (χ2n) is 4.87. The lowest BCUT2D eigenvalue weighted by molar-refractivity contribution is -0.386. The Kier molecular flexibility index (Phi) is 4.95. The number of aryl methyl sites for hydroxylation is 1. The number of aromatic nitrogens is 2. The summed E-state index contributed by atoms with van der Waals surface area (Å²) in [4.78, 5) is 22.0. The highest BCUT2D eigenvalue weighted by Crippen LogP contribution is 2.21. The second kappa shape index (κ2) is 6.91. The summed E-state index contributed by atoms with van der Waals surface area (Å²) in [5.41, 5.74) is 1.28. The molecule has 23 heavy (non-hydrogen) atoms. The van der Waals surface area contributed by atoms with Crippen LogP contribution >= 0.6 is 0 Å². The fourth-order valence-electron chi connectivity index (χ4n) is 2.25. The van der Waals surface area contributed by atoms with Crippen molar-refractivity contribution in [1.82, 2.24) is 9.78 Å². The topological polar surface area (TPSA) is 96.5 Å². The zero-order valence-corrected chi connectivity index (χ0v) is 13.1. The van der Waals surface area contributed by atoms with Crippen molar-refractivity contribution in [2.75, 3.05) is 13.7 Å². The molecule has 0 aliphatic heterocycles. The molecule has 2 rings (SSSR count). The number of carbonyl (C=O) groups excluding carboxylic acids is 1. The minimum absolute atomic E-state index is 0.0256. The first-order chi connectivity index (χ1) is 10.9. The van der Waals surface area contributed by atoms with E-state index in [9.17, 15) is 14.9 Å². The SMILES string of the molecule is COC(=O)c1cccc(OCCn2nc(C)c([N+](=O)[O-])c2C)c1. The van der Waals surface area contributed by atoms with Crippen molar-refractivity contribution in [2.24, 2.45) is 0 Å². The molecule has 0 N–H and O–H groups in total. The van der Waals surface area contributed by atoms with Crippen molar-refractivity contribution in [1.29, 1.82) is 0 Å². The number of esters is 1. The van der Waals surface area contributed by atoms with Crippen LogP contribution in [0.15, 0.2) is 24.3 Å². The zero-order valence-electron chi connectivity index (χ0n) is 13.1. The molecule has 0 unspecified atom stereocenters. The van der Waals surface area contributed by atoms with Crippen LogP contribution in [0.5, 0.6) is 5.75 Å². The highest BCUT2D eigenvalue weighted by Gasteiger charge is 2.21. The van der Waals surface area contributed by atoms with Gasteiger partial charge in [0.25, 0.3) is 0 Å². The van der Waals surface area contributed by atoms with E-state index in [1.54, 1.807) is 38.1 Å². The molecule has 1 aromatic carbocycles. The van der Waals surface area contributed by atoms with Gasteiger partial charge < -0.3 is 9.47 Å². The van der Waals surface area contributed by atoms with Crippen LogP contribution in [0, 0.1) is 24.0 Å². The Bertz CT molecular complexity index is 739. The molecule has 0 aliphatic carbocycles. The molecule has 0 spiro atoms. The Morgan fingerprint density at radius 3 is 2.74 bits per heavy atom. The molecule has 1 heterocycles. The summed E-state index contributed by atoms with van der Waals surface area (Å²) in [6.45, 7) is 3.88. The van der Waals surface area contributed by atoms with E-state index < -0.39 is 10.9 Å². The van der Waals surface area contributed by atoms with Crippen molar-refractivity contribution in [3.63, 3.8) is 0 Å². The van der Waals surface area contributed by atoms with E-state index in [2.05, 4.69) is 9.84 Å². The molecule has 0 amide bonds. The first-order valence-corrected chi connectivity index (χ1v) is 6.93. The molecule has 0 fully saturated rings. The van der Waals surface area contributed by atoms with Gasteiger partial charge in [0.2, 0.25) is 0 Å². The molecule has 0 bridgehead atoms. The zero-order chi connectivity index (χ0) is 17.0. The summed E-state index contributed by atoms with van der Waals surface area (Å²) in [5.74, 6) is 0.0774. The smallest absolute Gasteiger partial charge is 0.337 e. The molecule has 0 aliphatic rings. The summed E-state index contributed by atoms with van der Waals surface area (Å²) in [6.07, 6.45) is 0. The Hall–Kier alpha value is -2.90. The lowest BCUT2D eigenvalue weighted by Crippen LogP contribution is -2.11. The summed E-state index contributed by atoms with van der Waals surface area (Å²) < 4.78 is 11.8. The number of benzene rings is 1. The number of methoxy groups -OCH3 is 1. The van der Waals surface area contributed by atoms with E-state index in [4.69, 9.17) is 4.74 Å². The number of carbonyl (C=O) groups is 1. The van der Waals surface area contributed by atoms with Crippen LogP contribution in [0.25, 0.3) is 0 Å². The predicted molar refractivity (Wildman–Crippen MR) is 81.6 cm³/mol. The summed E-state index contributed by atoms with van der Waals surface area (Å²) in [5, 5.41) is 15.1. The van der Waals surface area contributed by atoms with Crippen LogP contribution in [0.3, 0.4) is 0 Å². The standard InChI is InChI=1S/C15H17N3O5/c1-10-14(18(20)21)11(2)17(16-10)7-8-23-13-6-4-5-12(9-13)15(19)22-3/h4-6,9H,7-8H2,1-3H3. The third-order valence-corrected chi connectivity index (χ3v) is 3.35. The minimum atomic E-state index is -0.440. The molecule has 8 heteroatoms. The highest BCUT2D eigenvalue weighted by atomic mass is 16.6. The van der Waals surface area contributed by atoms with Gasteiger partial charge in [-0.25, -0.2) is 4.79 Å². The van der Waals surface area contributed by atoms with Gasteiger partial charge in [-0.3, -0.25) is 14.8 Å². The van der Waals surface area contributed by atoms with Gasteiger partial charge >= 0.3 is 11.7 Å². The molecular weight excluding hydrogens is 302 g/mol. The van der Waals surface area contributed by atoms with Crippen LogP contribution in [-0.4, -0.2) is 34.4 Å². The lowest BCUT2D eigenvalue weighted by Gasteiger charge is -2.08. The molecule has 8 nitrogen and oxygen atoms in total. The third kappa shape index (κ3) is 3.65. The van der Waals surface area contributed by atoms with Crippen LogP contribution < -0.4 is 4.74 Å². The van der Waals surface area contributed by atoms with Gasteiger partial charge in [-0.2, -0.15) is 5.10 Å². The highest BCUT2D eigenvalue weighted by molar-refractivity contribution is 5.89. The van der Waals surface area contributed by atoms with Crippen LogP contribution in [0.1, 0.15) is 21.7 Å². The molecule has 122 valence electrons. The maximum atomic E-state index is 11.5. The van der Waals surface area contributed by atoms with Gasteiger partial charge in [0.05, 0.1) is 24.1 Å². The number of ether oxygens (including phenoxy) is 2. The molecular formula is C15H17N3O5. The maximum absolute atomic E-state index is 11.5. The van der Waals surface area contributed by atoms with Gasteiger partial charge in [0.1, 0.15) is 23.7 Å². The Morgan fingerprint density at radius 2 is 2.13 bits per heavy atom. The first kappa shape index (κ1) is 16.5. The second-order valence-corrected chi connectivity index (χ2v) is 4.87. The average molecular weight is 319 g/mol. The van der Waals surface area contributed by atoms with Gasteiger partial charge in [0, 0.05) is 0 Å². The quantitative estimate of drug-likeness (QED) is 0.460. The number of nitro groups is 1. The van der Waals surface area contributed by atoms with Crippen LogP contribution in [-0.2, 0) is 11.3 Å². The molecule has 2 aromatic rings. The normalized spacial score (nSPS) is 10.4. The van der Waals surface area contributed by atoms with Crippen LogP contribution in [0.2, 0.25) is 0 Å². The number of rotatable bonds is 6. The van der Waals surface area contributed by atoms with Crippen molar-refractivity contribution in [3.05, 3.63) is 51.3 Å². The predicted octanol–water partition coefficient (Wildman–Crippen LogP) is 2.27. The first-order valence-electron chi connectivity index (χ1n) is 6.93. The van der Waals surface area contributed by atoms with E-state index in [0.29, 0.717) is 29.2 Å². The van der Waals surface area contributed by atoms with Gasteiger partial charge in [-0.15, -0.1) is 0 Å². The van der Waals surface area contributed by atoms with Crippen LogP contribution in [0.4, 0.5) is 5.69 Å². The summed E-state index contributed by atoms with van der Waals surface area (Å²) >= 11 is 0. The largest absolute Gasteiger partial charge is 0.492 e. The number of hydrogen-bond donors (Lipinski definition) is 0. The lowest BCUT2D eigenvalue weighted by atomic mass is 10.2. The van der Waals surface area contributed by atoms with E-state index in [1.807, 2.05) is 0 Å². The Morgan fingerprint density at radius 1 is 1.39 bits per heavy atom. The fraction of sp³-hybridized carbons (Fsp3) is 0.333. The maximum Gasteiger partial charge on any atom is 0.337 e. The summed E-state index contributed by atoms with van der Waals surface area (Å²) in [6, 6.07) is 6.62. The van der Waals surface area contributed by atoms with E-state index in [-0.39, 0.29) is 12.3 Å². The third-order valence-electron chi connectivity index (χ3n) is 3.35. The van der Waals surface area contributed by atoms with E-state index in [0.717, 1.165) is 0 Å². The Labute approximate surface area is 132 Å². The van der Waals surface area contributed by atoms with Crippen molar-refractivity contribution in [3.8, 4) is 5.75 Å². The van der Waals surface area contributed by atoms with Gasteiger partial charge in [-0.05, 0) is 32.0 Å². The molecule has 0 saturated carbocycles. The van der Waals surface area contributed by atoms with Crippen molar-refractivity contribution < 1.29 is 19.2 Å². The molecule has 0 atom stereocenters. The van der Waals surface area contributed by atoms with Gasteiger partial charge in [-0.1, -0.05) is 6.07 Å². The number of nitrogens with zero attached hydrogens (tertiary/aromatic N) is 3. The molecule has 1 aromatic heterocycles. The summed E-state index contributed by atoms with van der Waals surface area (Å²) in [7, 11) is 1.31. The monoisotopic (exact) mass is 319 g/mol. The number of hydrogen-bond acceptors (Lipinski definition) is 6.